The molecule has 0 spiro atoms. The predicted octanol–water partition coefficient (Wildman–Crippen LogP) is 2.71. The van der Waals surface area contributed by atoms with Crippen LogP contribution in [-0.4, -0.2) is 22.7 Å². The van der Waals surface area contributed by atoms with Crippen LogP contribution >= 0.6 is 0 Å². The molecular formula is C21H23N3O3. The van der Waals surface area contributed by atoms with Gasteiger partial charge in [0.2, 0.25) is 5.91 Å². The van der Waals surface area contributed by atoms with Crippen LogP contribution in [0.5, 0.6) is 0 Å². The number of carbonyl (C=O) groups is 3. The van der Waals surface area contributed by atoms with E-state index in [1.807, 2.05) is 24.3 Å². The molecule has 1 saturated heterocycles. The molecule has 4 amide bonds. The molecule has 0 aromatic heterocycles. The minimum Gasteiger partial charge on any atom is -0.366 e. The van der Waals surface area contributed by atoms with E-state index in [9.17, 15) is 14.4 Å². The molecule has 0 aliphatic carbocycles. The topological polar surface area (TPSA) is 92.5 Å². The number of urea groups is 1. The number of hydrogen-bond acceptors (Lipinski definition) is 3. The van der Waals surface area contributed by atoms with Gasteiger partial charge in [-0.3, -0.25) is 14.5 Å². The number of nitrogens with one attached hydrogen (secondary N) is 1. The first-order valence-electron chi connectivity index (χ1n) is 8.97. The van der Waals surface area contributed by atoms with Crippen LogP contribution < -0.4 is 11.1 Å². The highest BCUT2D eigenvalue weighted by molar-refractivity contribution is 6.07. The minimum atomic E-state index is -1.09. The van der Waals surface area contributed by atoms with Crippen molar-refractivity contribution in [1.29, 1.82) is 0 Å². The van der Waals surface area contributed by atoms with Gasteiger partial charge in [-0.1, -0.05) is 49.7 Å². The van der Waals surface area contributed by atoms with E-state index in [0.717, 1.165) is 24.0 Å². The number of primary amides is 1. The summed E-state index contributed by atoms with van der Waals surface area (Å²) in [5.74, 6) is -0.814. The number of rotatable bonds is 6. The third-order valence-electron chi connectivity index (χ3n) is 4.92. The molecule has 3 rings (SSSR count). The molecule has 0 radical (unpaired) electrons. The van der Waals surface area contributed by atoms with E-state index in [1.54, 1.807) is 31.2 Å². The van der Waals surface area contributed by atoms with E-state index >= 15 is 0 Å². The molecule has 0 bridgehead atoms. The average molecular weight is 365 g/mol. The molecule has 1 aliphatic rings. The van der Waals surface area contributed by atoms with Crippen molar-refractivity contribution >= 4 is 17.8 Å². The Morgan fingerprint density at radius 1 is 1.04 bits per heavy atom. The lowest BCUT2D eigenvalue weighted by molar-refractivity contribution is -0.131. The lowest BCUT2D eigenvalue weighted by Crippen LogP contribution is -2.40. The maximum atomic E-state index is 13.0. The molecule has 1 atom stereocenters. The number of aryl methyl sites for hydroxylation is 1. The van der Waals surface area contributed by atoms with Crippen LogP contribution in [-0.2, 0) is 23.3 Å². The van der Waals surface area contributed by atoms with Crippen LogP contribution in [0.15, 0.2) is 48.5 Å². The van der Waals surface area contributed by atoms with Gasteiger partial charge in [-0.05, 0) is 42.2 Å². The predicted molar refractivity (Wildman–Crippen MR) is 102 cm³/mol. The van der Waals surface area contributed by atoms with Gasteiger partial charge in [0, 0.05) is 5.56 Å². The molecule has 6 heteroatoms. The fourth-order valence-electron chi connectivity index (χ4n) is 3.29. The number of imide groups is 1. The summed E-state index contributed by atoms with van der Waals surface area (Å²) in [6.07, 6.45) is 2.03. The lowest BCUT2D eigenvalue weighted by Gasteiger charge is -2.22. The summed E-state index contributed by atoms with van der Waals surface area (Å²) >= 11 is 0. The third kappa shape index (κ3) is 3.56. The van der Waals surface area contributed by atoms with Crippen LogP contribution in [0.3, 0.4) is 0 Å². The molecule has 2 aromatic rings. The van der Waals surface area contributed by atoms with Gasteiger partial charge in [0.15, 0.2) is 0 Å². The summed E-state index contributed by atoms with van der Waals surface area (Å²) < 4.78 is 0. The molecular weight excluding hydrogens is 342 g/mol. The fraction of sp³-hybridized carbons (Fsp3) is 0.286. The number of nitrogens with zero attached hydrogens (tertiary/aromatic N) is 1. The van der Waals surface area contributed by atoms with Gasteiger partial charge in [-0.2, -0.15) is 0 Å². The van der Waals surface area contributed by atoms with E-state index in [0.29, 0.717) is 5.56 Å². The van der Waals surface area contributed by atoms with Gasteiger partial charge in [-0.25, -0.2) is 4.79 Å². The zero-order valence-electron chi connectivity index (χ0n) is 15.5. The average Bonchev–Trinajstić information content (AvgIpc) is 2.87. The Kier molecular flexibility index (Phi) is 4.99. The number of amides is 4. The normalized spacial score (nSPS) is 19.3. The van der Waals surface area contributed by atoms with E-state index < -0.39 is 17.5 Å². The quantitative estimate of drug-likeness (QED) is 0.771. The van der Waals surface area contributed by atoms with Crippen molar-refractivity contribution in [2.45, 2.75) is 38.8 Å². The number of hydrogen-bond donors (Lipinski definition) is 2. The Hall–Kier alpha value is -3.15. The molecule has 3 N–H and O–H groups in total. The molecule has 2 aromatic carbocycles. The second-order valence-corrected chi connectivity index (χ2v) is 6.95. The largest absolute Gasteiger partial charge is 0.366 e. The Bertz CT molecular complexity index is 875. The Balaban J connectivity index is 1.80. The number of nitrogens with two attached hydrogens (primary N) is 1. The second-order valence-electron chi connectivity index (χ2n) is 6.95. The van der Waals surface area contributed by atoms with Gasteiger partial charge in [-0.15, -0.1) is 0 Å². The number of benzene rings is 2. The van der Waals surface area contributed by atoms with Crippen LogP contribution in [0.25, 0.3) is 0 Å². The highest BCUT2D eigenvalue weighted by Crippen LogP contribution is 2.30. The van der Waals surface area contributed by atoms with Crippen molar-refractivity contribution in [2.75, 3.05) is 0 Å². The van der Waals surface area contributed by atoms with E-state index in [1.165, 1.54) is 10.5 Å². The van der Waals surface area contributed by atoms with Crippen molar-refractivity contribution in [3.63, 3.8) is 0 Å². The maximum absolute atomic E-state index is 13.0. The minimum absolute atomic E-state index is 0.132. The molecule has 1 heterocycles. The zero-order valence-corrected chi connectivity index (χ0v) is 15.5. The van der Waals surface area contributed by atoms with E-state index in [4.69, 9.17) is 5.73 Å². The van der Waals surface area contributed by atoms with Crippen LogP contribution in [0.1, 0.15) is 47.3 Å². The summed E-state index contributed by atoms with van der Waals surface area (Å²) in [4.78, 5) is 37.8. The first kappa shape index (κ1) is 18.6. The van der Waals surface area contributed by atoms with Gasteiger partial charge >= 0.3 is 6.03 Å². The summed E-state index contributed by atoms with van der Waals surface area (Å²) in [7, 11) is 0. The van der Waals surface area contributed by atoms with Crippen LogP contribution in [0.4, 0.5) is 4.79 Å². The van der Waals surface area contributed by atoms with Gasteiger partial charge in [0.1, 0.15) is 5.54 Å². The molecule has 1 unspecified atom stereocenters. The van der Waals surface area contributed by atoms with Gasteiger partial charge in [0.05, 0.1) is 6.54 Å². The molecule has 1 aliphatic heterocycles. The smallest absolute Gasteiger partial charge is 0.325 e. The zero-order chi connectivity index (χ0) is 19.6. The van der Waals surface area contributed by atoms with Crippen LogP contribution in [0, 0.1) is 0 Å². The number of carbonyl (C=O) groups excluding carboxylic acids is 3. The lowest BCUT2D eigenvalue weighted by atomic mass is 9.91. The Labute approximate surface area is 158 Å². The summed E-state index contributed by atoms with van der Waals surface area (Å²) in [5.41, 5.74) is 7.23. The maximum Gasteiger partial charge on any atom is 0.325 e. The van der Waals surface area contributed by atoms with Gasteiger partial charge < -0.3 is 11.1 Å². The first-order chi connectivity index (χ1) is 12.8. The van der Waals surface area contributed by atoms with Crippen molar-refractivity contribution in [2.24, 2.45) is 5.73 Å². The summed E-state index contributed by atoms with van der Waals surface area (Å²) in [5, 5.41) is 2.81. The molecule has 27 heavy (non-hydrogen) atoms. The SMILES string of the molecule is CCCc1ccc(C2(C)NC(=O)N(Cc3ccc(C(N)=O)cc3)C2=O)cc1. The Morgan fingerprint density at radius 3 is 2.19 bits per heavy atom. The van der Waals surface area contributed by atoms with Crippen LogP contribution in [0.2, 0.25) is 0 Å². The first-order valence-corrected chi connectivity index (χ1v) is 8.97. The monoisotopic (exact) mass is 365 g/mol. The van der Waals surface area contributed by atoms with Gasteiger partial charge in [0.25, 0.3) is 5.91 Å². The summed E-state index contributed by atoms with van der Waals surface area (Å²) in [6.45, 7) is 3.97. The summed E-state index contributed by atoms with van der Waals surface area (Å²) in [6, 6.07) is 13.9. The molecule has 1 fully saturated rings. The third-order valence-corrected chi connectivity index (χ3v) is 4.92. The van der Waals surface area contributed by atoms with E-state index in [-0.39, 0.29) is 12.5 Å². The van der Waals surface area contributed by atoms with Crippen molar-refractivity contribution in [1.82, 2.24) is 10.2 Å². The molecule has 140 valence electrons. The highest BCUT2D eigenvalue weighted by atomic mass is 16.2. The van der Waals surface area contributed by atoms with E-state index in [2.05, 4.69) is 12.2 Å². The van der Waals surface area contributed by atoms with Crippen molar-refractivity contribution < 1.29 is 14.4 Å². The molecule has 0 saturated carbocycles. The Morgan fingerprint density at radius 2 is 1.63 bits per heavy atom. The second kappa shape index (κ2) is 7.23. The standard InChI is InChI=1S/C21H23N3O3/c1-3-4-14-7-11-17(12-8-14)21(2)19(26)24(20(27)23-21)13-15-5-9-16(10-6-15)18(22)25/h5-12H,3-4,13H2,1-2H3,(H2,22,25)(H,23,27). The fourth-order valence-corrected chi connectivity index (χ4v) is 3.29. The van der Waals surface area contributed by atoms with Crippen molar-refractivity contribution in [3.8, 4) is 0 Å². The highest BCUT2D eigenvalue weighted by Gasteiger charge is 2.48. The van der Waals surface area contributed by atoms with Crippen molar-refractivity contribution in [3.05, 3.63) is 70.8 Å². The molecule has 6 nitrogen and oxygen atoms in total.